The molecule has 1 aromatic carbocycles. The summed E-state index contributed by atoms with van der Waals surface area (Å²) in [5.41, 5.74) is 1.80. The van der Waals surface area contributed by atoms with Gasteiger partial charge < -0.3 is 15.3 Å². The molecule has 1 aliphatic heterocycles. The van der Waals surface area contributed by atoms with Crippen LogP contribution in [0.2, 0.25) is 5.02 Å². The summed E-state index contributed by atoms with van der Waals surface area (Å²) >= 11 is 5.93. The van der Waals surface area contributed by atoms with E-state index in [2.05, 4.69) is 15.3 Å². The molecule has 0 unspecified atom stereocenters. The number of halogens is 1. The zero-order valence-electron chi connectivity index (χ0n) is 16.8. The van der Waals surface area contributed by atoms with Gasteiger partial charge in [0, 0.05) is 30.1 Å². The van der Waals surface area contributed by atoms with Gasteiger partial charge in [-0.25, -0.2) is 0 Å². The Kier molecular flexibility index (Phi) is 9.67. The summed E-state index contributed by atoms with van der Waals surface area (Å²) in [5, 5.41) is 15.0. The maximum absolute atomic E-state index is 12.2. The number of rotatable bonds is 7. The fourth-order valence-electron chi connectivity index (χ4n) is 3.36. The number of likely N-dealkylation sites (tertiary alicyclic amines) is 1. The van der Waals surface area contributed by atoms with Crippen molar-refractivity contribution >= 4 is 29.8 Å². The van der Waals surface area contributed by atoms with E-state index in [4.69, 9.17) is 21.5 Å². The number of aryl methyl sites for hydroxylation is 1. The molecule has 29 heavy (non-hydrogen) atoms. The predicted octanol–water partition coefficient (Wildman–Crippen LogP) is 4.04. The molecule has 8 heteroatoms. The summed E-state index contributed by atoms with van der Waals surface area (Å²) in [7, 11) is 1.84. The van der Waals surface area contributed by atoms with E-state index in [0.717, 1.165) is 36.5 Å². The van der Waals surface area contributed by atoms with E-state index >= 15 is 0 Å². The number of benzene rings is 1. The predicted molar refractivity (Wildman–Crippen MR) is 115 cm³/mol. The van der Waals surface area contributed by atoms with Gasteiger partial charge >= 0.3 is 0 Å². The molecule has 3 rings (SSSR count). The highest BCUT2D eigenvalue weighted by Crippen LogP contribution is 2.23. The standard InChI is InChI=1S/C20H27ClN4O.CH2O2/c1-24-19(15-18(23-24)16-8-10-17(21)11-9-16)22-20(26)7-3-6-14-25-12-4-2-5-13-25;2-1-3/h8-11,15H,2-7,12-14H2,1H3,(H,22,26);1H,(H,2,3). The fraction of sp³-hybridized carbons (Fsp3) is 0.476. The van der Waals surface area contributed by atoms with Crippen molar-refractivity contribution in [3.8, 4) is 11.3 Å². The largest absolute Gasteiger partial charge is 0.483 e. The Bertz CT molecular complexity index is 771. The van der Waals surface area contributed by atoms with Crippen LogP contribution in [0.1, 0.15) is 38.5 Å². The van der Waals surface area contributed by atoms with Gasteiger partial charge in [0.2, 0.25) is 5.91 Å². The van der Waals surface area contributed by atoms with Crippen molar-refractivity contribution < 1.29 is 14.7 Å². The topological polar surface area (TPSA) is 87.5 Å². The highest BCUT2D eigenvalue weighted by atomic mass is 35.5. The molecular weight excluding hydrogens is 392 g/mol. The van der Waals surface area contributed by atoms with E-state index in [1.165, 1.54) is 32.4 Å². The average Bonchev–Trinajstić information content (AvgIpc) is 3.07. The van der Waals surface area contributed by atoms with Gasteiger partial charge in [0.05, 0.1) is 5.69 Å². The van der Waals surface area contributed by atoms with Gasteiger partial charge in [-0.3, -0.25) is 14.3 Å². The lowest BCUT2D eigenvalue weighted by Gasteiger charge is -2.26. The highest BCUT2D eigenvalue weighted by molar-refractivity contribution is 6.30. The molecule has 7 nitrogen and oxygen atoms in total. The minimum atomic E-state index is -0.250. The molecule has 2 aromatic rings. The van der Waals surface area contributed by atoms with Crippen LogP contribution in [0, 0.1) is 0 Å². The quantitative estimate of drug-likeness (QED) is 0.521. The number of aromatic nitrogens is 2. The van der Waals surface area contributed by atoms with Crippen molar-refractivity contribution in [2.75, 3.05) is 25.0 Å². The van der Waals surface area contributed by atoms with Crippen molar-refractivity contribution in [2.24, 2.45) is 7.05 Å². The Balaban J connectivity index is 0.000000941. The molecule has 0 saturated carbocycles. The van der Waals surface area contributed by atoms with Gasteiger partial charge in [-0.15, -0.1) is 0 Å². The number of anilines is 1. The molecule has 0 bridgehead atoms. The molecule has 1 aromatic heterocycles. The second-order valence-electron chi connectivity index (χ2n) is 7.06. The Morgan fingerprint density at radius 3 is 2.52 bits per heavy atom. The molecule has 2 N–H and O–H groups in total. The molecule has 0 spiro atoms. The third-order valence-corrected chi connectivity index (χ3v) is 5.12. The first-order chi connectivity index (χ1) is 14.0. The molecule has 0 radical (unpaired) electrons. The van der Waals surface area contributed by atoms with Gasteiger partial charge in [-0.1, -0.05) is 30.2 Å². The van der Waals surface area contributed by atoms with E-state index in [-0.39, 0.29) is 12.4 Å². The van der Waals surface area contributed by atoms with Gasteiger partial charge in [-0.05, 0) is 57.5 Å². The molecule has 0 atom stereocenters. The van der Waals surface area contributed by atoms with Gasteiger partial charge in [0.15, 0.2) is 0 Å². The Hall–Kier alpha value is -2.38. The van der Waals surface area contributed by atoms with Crippen LogP contribution in [0.4, 0.5) is 5.82 Å². The van der Waals surface area contributed by atoms with Crippen LogP contribution < -0.4 is 5.32 Å². The summed E-state index contributed by atoms with van der Waals surface area (Å²) in [6.07, 6.45) is 6.55. The summed E-state index contributed by atoms with van der Waals surface area (Å²) in [6.45, 7) is 3.29. The minimum Gasteiger partial charge on any atom is -0.483 e. The number of nitrogens with zero attached hydrogens (tertiary/aromatic N) is 3. The fourth-order valence-corrected chi connectivity index (χ4v) is 3.48. The van der Waals surface area contributed by atoms with Crippen LogP contribution in [0.25, 0.3) is 11.3 Å². The maximum atomic E-state index is 12.2. The van der Waals surface area contributed by atoms with Crippen LogP contribution in [-0.4, -0.2) is 51.8 Å². The number of amides is 1. The Morgan fingerprint density at radius 1 is 1.21 bits per heavy atom. The molecule has 1 fully saturated rings. The molecule has 158 valence electrons. The number of piperidine rings is 1. The van der Waals surface area contributed by atoms with Crippen molar-refractivity contribution in [2.45, 2.75) is 38.5 Å². The van der Waals surface area contributed by atoms with Crippen LogP contribution >= 0.6 is 11.6 Å². The Morgan fingerprint density at radius 2 is 1.86 bits per heavy atom. The lowest BCUT2D eigenvalue weighted by atomic mass is 10.1. The molecule has 1 amide bonds. The number of carbonyl (C=O) groups is 2. The van der Waals surface area contributed by atoms with Gasteiger partial charge in [0.25, 0.3) is 6.47 Å². The van der Waals surface area contributed by atoms with Crippen molar-refractivity contribution in [3.63, 3.8) is 0 Å². The summed E-state index contributed by atoms with van der Waals surface area (Å²) in [6, 6.07) is 9.43. The maximum Gasteiger partial charge on any atom is 0.290 e. The minimum absolute atomic E-state index is 0.0503. The summed E-state index contributed by atoms with van der Waals surface area (Å²) in [5.74, 6) is 0.769. The van der Waals surface area contributed by atoms with E-state index in [9.17, 15) is 4.79 Å². The van der Waals surface area contributed by atoms with Crippen LogP contribution in [0.15, 0.2) is 30.3 Å². The normalized spacial score (nSPS) is 14.0. The third-order valence-electron chi connectivity index (χ3n) is 4.86. The third kappa shape index (κ3) is 7.87. The van der Waals surface area contributed by atoms with Crippen LogP contribution in [-0.2, 0) is 16.6 Å². The molecule has 1 saturated heterocycles. The first kappa shape index (κ1) is 22.9. The molecule has 0 aliphatic carbocycles. The first-order valence-corrected chi connectivity index (χ1v) is 10.3. The van der Waals surface area contributed by atoms with Crippen LogP contribution in [0.5, 0.6) is 0 Å². The van der Waals surface area contributed by atoms with Gasteiger partial charge in [0.1, 0.15) is 5.82 Å². The number of hydrogen-bond donors (Lipinski definition) is 2. The first-order valence-electron chi connectivity index (χ1n) is 9.93. The SMILES string of the molecule is Cn1nc(-c2ccc(Cl)cc2)cc1NC(=O)CCCCN1CCCCC1.O=CO. The van der Waals surface area contributed by atoms with Crippen LogP contribution in [0.3, 0.4) is 0 Å². The lowest BCUT2D eigenvalue weighted by molar-refractivity contribution is -0.123. The summed E-state index contributed by atoms with van der Waals surface area (Å²) < 4.78 is 1.70. The van der Waals surface area contributed by atoms with Crippen molar-refractivity contribution in [1.82, 2.24) is 14.7 Å². The average molecular weight is 421 g/mol. The molecular formula is C21H29ClN4O3. The van der Waals surface area contributed by atoms with E-state index in [1.54, 1.807) is 4.68 Å². The smallest absolute Gasteiger partial charge is 0.290 e. The van der Waals surface area contributed by atoms with Crippen molar-refractivity contribution in [3.05, 3.63) is 35.4 Å². The molecule has 1 aliphatic rings. The van der Waals surface area contributed by atoms with E-state index in [1.807, 2.05) is 37.4 Å². The monoisotopic (exact) mass is 420 g/mol. The number of carboxylic acid groups (broad SMARTS) is 1. The molecule has 2 heterocycles. The second-order valence-corrected chi connectivity index (χ2v) is 7.49. The Labute approximate surface area is 176 Å². The van der Waals surface area contributed by atoms with E-state index < -0.39 is 0 Å². The van der Waals surface area contributed by atoms with Crippen molar-refractivity contribution in [1.29, 1.82) is 0 Å². The second kappa shape index (κ2) is 12.2. The number of hydrogen-bond acceptors (Lipinski definition) is 4. The zero-order chi connectivity index (χ0) is 21.1. The lowest BCUT2D eigenvalue weighted by Crippen LogP contribution is -2.30. The van der Waals surface area contributed by atoms with E-state index in [0.29, 0.717) is 11.4 Å². The number of nitrogens with one attached hydrogen (secondary N) is 1. The summed E-state index contributed by atoms with van der Waals surface area (Å²) in [4.78, 5) is 23.1. The zero-order valence-corrected chi connectivity index (χ0v) is 17.6. The van der Waals surface area contributed by atoms with Gasteiger partial charge in [-0.2, -0.15) is 5.10 Å². The highest BCUT2D eigenvalue weighted by Gasteiger charge is 2.12. The number of carbonyl (C=O) groups excluding carboxylic acids is 1. The number of unbranched alkanes of at least 4 members (excludes halogenated alkanes) is 1.